The number of aromatic nitrogens is 2. The summed E-state index contributed by atoms with van der Waals surface area (Å²) in [5.41, 5.74) is 0.847. The van der Waals surface area contributed by atoms with E-state index in [-0.39, 0.29) is 5.56 Å². The Labute approximate surface area is 123 Å². The third-order valence-electron chi connectivity index (χ3n) is 4.15. The fourth-order valence-corrected chi connectivity index (χ4v) is 3.24. The van der Waals surface area contributed by atoms with Crippen LogP contribution in [0.2, 0.25) is 0 Å². The molecule has 0 aliphatic carbocycles. The van der Waals surface area contributed by atoms with Gasteiger partial charge >= 0.3 is 0 Å². The van der Waals surface area contributed by atoms with Crippen LogP contribution in [0.25, 0.3) is 10.9 Å². The van der Waals surface area contributed by atoms with Crippen molar-refractivity contribution >= 4 is 23.1 Å². The SMILES string of the molecule is CCN1CCC(Cn2c(=S)[nH]c3ccccc3c2=O)C1. The summed E-state index contributed by atoms with van der Waals surface area (Å²) in [5.74, 6) is 0.518. The predicted molar refractivity (Wildman–Crippen MR) is 83.6 cm³/mol. The summed E-state index contributed by atoms with van der Waals surface area (Å²) in [4.78, 5) is 18.1. The first-order valence-electron chi connectivity index (χ1n) is 7.13. The highest BCUT2D eigenvalue weighted by Crippen LogP contribution is 2.17. The molecule has 0 bridgehead atoms. The standard InChI is InChI=1S/C15H19N3OS/c1-2-17-8-7-11(9-17)10-18-14(19)12-5-3-4-6-13(12)16-15(18)20/h3-6,11H,2,7-10H2,1H3,(H,16,20). The van der Waals surface area contributed by atoms with Crippen molar-refractivity contribution in [2.45, 2.75) is 19.9 Å². The van der Waals surface area contributed by atoms with Crippen LogP contribution in [0, 0.1) is 10.7 Å². The van der Waals surface area contributed by atoms with E-state index in [0.29, 0.717) is 16.1 Å². The second kappa shape index (κ2) is 5.50. The van der Waals surface area contributed by atoms with Crippen molar-refractivity contribution < 1.29 is 0 Å². The van der Waals surface area contributed by atoms with Crippen molar-refractivity contribution in [2.24, 2.45) is 5.92 Å². The monoisotopic (exact) mass is 289 g/mol. The Bertz CT molecular complexity index is 734. The smallest absolute Gasteiger partial charge is 0.262 e. The maximum Gasteiger partial charge on any atom is 0.262 e. The van der Waals surface area contributed by atoms with Crippen LogP contribution in [-0.4, -0.2) is 34.1 Å². The molecule has 1 fully saturated rings. The molecule has 1 aromatic heterocycles. The number of nitrogens with one attached hydrogen (secondary N) is 1. The van der Waals surface area contributed by atoms with E-state index in [4.69, 9.17) is 12.2 Å². The molecule has 1 aliphatic heterocycles. The molecule has 2 heterocycles. The molecule has 0 spiro atoms. The van der Waals surface area contributed by atoms with Crippen LogP contribution in [0.5, 0.6) is 0 Å². The zero-order valence-corrected chi connectivity index (χ0v) is 12.4. The minimum atomic E-state index is 0.0271. The van der Waals surface area contributed by atoms with E-state index in [2.05, 4.69) is 16.8 Å². The van der Waals surface area contributed by atoms with Gasteiger partial charge in [-0.25, -0.2) is 0 Å². The third kappa shape index (κ3) is 2.43. The Hall–Kier alpha value is -1.46. The predicted octanol–water partition coefficient (Wildman–Crippen LogP) is 2.40. The van der Waals surface area contributed by atoms with E-state index >= 15 is 0 Å². The largest absolute Gasteiger partial charge is 0.332 e. The van der Waals surface area contributed by atoms with Crippen LogP contribution in [-0.2, 0) is 6.54 Å². The van der Waals surface area contributed by atoms with Crippen molar-refractivity contribution in [1.29, 1.82) is 0 Å². The number of nitrogens with zero attached hydrogens (tertiary/aromatic N) is 2. The van der Waals surface area contributed by atoms with E-state index in [9.17, 15) is 4.79 Å². The highest BCUT2D eigenvalue weighted by Gasteiger charge is 2.22. The molecule has 20 heavy (non-hydrogen) atoms. The van der Waals surface area contributed by atoms with Gasteiger partial charge in [0.1, 0.15) is 0 Å². The van der Waals surface area contributed by atoms with E-state index < -0.39 is 0 Å². The normalized spacial score (nSPS) is 19.8. The summed E-state index contributed by atoms with van der Waals surface area (Å²) in [6.45, 7) is 6.16. The number of likely N-dealkylation sites (tertiary alicyclic amines) is 1. The third-order valence-corrected chi connectivity index (χ3v) is 4.47. The molecule has 3 rings (SSSR count). The lowest BCUT2D eigenvalue weighted by atomic mass is 10.1. The number of hydrogen-bond acceptors (Lipinski definition) is 3. The van der Waals surface area contributed by atoms with Gasteiger partial charge in [-0.1, -0.05) is 19.1 Å². The fraction of sp³-hybridized carbons (Fsp3) is 0.467. The first-order chi connectivity index (χ1) is 9.69. The number of aromatic amines is 1. The maximum atomic E-state index is 12.6. The summed E-state index contributed by atoms with van der Waals surface area (Å²) < 4.78 is 2.25. The molecule has 2 aromatic rings. The molecule has 1 aromatic carbocycles. The fourth-order valence-electron chi connectivity index (χ4n) is 2.97. The number of rotatable bonds is 3. The molecular formula is C15H19N3OS. The average Bonchev–Trinajstić information content (AvgIpc) is 2.91. The Morgan fingerprint density at radius 3 is 2.95 bits per heavy atom. The first-order valence-corrected chi connectivity index (χ1v) is 7.54. The van der Waals surface area contributed by atoms with E-state index in [1.165, 1.54) is 0 Å². The maximum absolute atomic E-state index is 12.6. The molecule has 1 atom stereocenters. The minimum Gasteiger partial charge on any atom is -0.332 e. The van der Waals surface area contributed by atoms with Crippen LogP contribution >= 0.6 is 12.2 Å². The van der Waals surface area contributed by atoms with Gasteiger partial charge in [0.05, 0.1) is 10.9 Å². The number of para-hydroxylation sites is 1. The molecule has 1 N–H and O–H groups in total. The van der Waals surface area contributed by atoms with Gasteiger partial charge in [0.25, 0.3) is 5.56 Å². The summed E-state index contributed by atoms with van der Waals surface area (Å²) in [6.07, 6.45) is 1.14. The van der Waals surface area contributed by atoms with Gasteiger partial charge < -0.3 is 9.88 Å². The molecule has 0 amide bonds. The summed E-state index contributed by atoms with van der Waals surface area (Å²) in [6, 6.07) is 7.55. The molecule has 0 saturated carbocycles. The van der Waals surface area contributed by atoms with Crippen molar-refractivity contribution in [1.82, 2.24) is 14.5 Å². The zero-order valence-electron chi connectivity index (χ0n) is 11.6. The van der Waals surface area contributed by atoms with Crippen LogP contribution in [0.3, 0.4) is 0 Å². The Morgan fingerprint density at radius 2 is 2.20 bits per heavy atom. The average molecular weight is 289 g/mol. The zero-order chi connectivity index (χ0) is 14.1. The van der Waals surface area contributed by atoms with E-state index in [0.717, 1.165) is 38.1 Å². The van der Waals surface area contributed by atoms with E-state index in [1.807, 2.05) is 24.3 Å². The molecule has 0 radical (unpaired) electrons. The van der Waals surface area contributed by atoms with Crippen molar-refractivity contribution in [3.8, 4) is 0 Å². The van der Waals surface area contributed by atoms with Crippen LogP contribution in [0.4, 0.5) is 0 Å². The van der Waals surface area contributed by atoms with Gasteiger partial charge in [-0.05, 0) is 49.8 Å². The van der Waals surface area contributed by atoms with Gasteiger partial charge in [-0.15, -0.1) is 0 Å². The van der Waals surface area contributed by atoms with Crippen molar-refractivity contribution in [2.75, 3.05) is 19.6 Å². The van der Waals surface area contributed by atoms with Gasteiger partial charge in [0.15, 0.2) is 4.77 Å². The lowest BCUT2D eigenvalue weighted by Gasteiger charge is -2.15. The lowest BCUT2D eigenvalue weighted by Crippen LogP contribution is -2.27. The molecule has 106 valence electrons. The molecule has 1 aliphatic rings. The van der Waals surface area contributed by atoms with Crippen LogP contribution in [0.1, 0.15) is 13.3 Å². The Balaban J connectivity index is 1.96. The number of H-pyrrole nitrogens is 1. The quantitative estimate of drug-likeness (QED) is 0.882. The topological polar surface area (TPSA) is 41.0 Å². The van der Waals surface area contributed by atoms with Gasteiger partial charge in [0, 0.05) is 13.1 Å². The van der Waals surface area contributed by atoms with Gasteiger partial charge in [-0.2, -0.15) is 0 Å². The van der Waals surface area contributed by atoms with Crippen LogP contribution in [0.15, 0.2) is 29.1 Å². The van der Waals surface area contributed by atoms with Crippen LogP contribution < -0.4 is 5.56 Å². The Kier molecular flexibility index (Phi) is 3.72. The molecule has 5 heteroatoms. The minimum absolute atomic E-state index is 0.0271. The van der Waals surface area contributed by atoms with Crippen molar-refractivity contribution in [3.05, 3.63) is 39.4 Å². The molecular weight excluding hydrogens is 270 g/mol. The highest BCUT2D eigenvalue weighted by molar-refractivity contribution is 7.71. The summed E-state index contributed by atoms with van der Waals surface area (Å²) in [7, 11) is 0. The highest BCUT2D eigenvalue weighted by atomic mass is 32.1. The second-order valence-electron chi connectivity index (χ2n) is 5.44. The molecule has 4 nitrogen and oxygen atoms in total. The Morgan fingerprint density at radius 1 is 1.40 bits per heavy atom. The lowest BCUT2D eigenvalue weighted by molar-refractivity contribution is 0.331. The van der Waals surface area contributed by atoms with E-state index in [1.54, 1.807) is 4.57 Å². The summed E-state index contributed by atoms with van der Waals surface area (Å²) >= 11 is 5.35. The molecule has 1 unspecified atom stereocenters. The van der Waals surface area contributed by atoms with Crippen molar-refractivity contribution in [3.63, 3.8) is 0 Å². The number of fused-ring (bicyclic) bond motifs is 1. The molecule has 1 saturated heterocycles. The second-order valence-corrected chi connectivity index (χ2v) is 5.83. The first kappa shape index (κ1) is 13.5. The van der Waals surface area contributed by atoms with Gasteiger partial charge in [0.2, 0.25) is 0 Å². The number of hydrogen-bond donors (Lipinski definition) is 1. The number of benzene rings is 1. The van der Waals surface area contributed by atoms with Gasteiger partial charge in [-0.3, -0.25) is 9.36 Å². The summed E-state index contributed by atoms with van der Waals surface area (Å²) in [5, 5.41) is 0.714.